The minimum Gasteiger partial charge on any atom is -0.493 e. The number of hydrogen-bond donors (Lipinski definition) is 1. The molecule has 0 saturated carbocycles. The van der Waals surface area contributed by atoms with E-state index < -0.39 is 16.4 Å². The summed E-state index contributed by atoms with van der Waals surface area (Å²) in [5, 5.41) is 38.1. The number of azo groups is 1. The molecule has 0 atom stereocenters. The molecule has 26 heavy (non-hydrogen) atoms. The van der Waals surface area contributed by atoms with Gasteiger partial charge in [0, 0.05) is 24.2 Å². The van der Waals surface area contributed by atoms with Crippen LogP contribution in [0, 0.1) is 34.3 Å². The Bertz CT molecular complexity index is 986. The van der Waals surface area contributed by atoms with E-state index >= 15 is 0 Å². The van der Waals surface area contributed by atoms with E-state index in [1.54, 1.807) is 0 Å². The lowest BCUT2D eigenvalue weighted by Gasteiger charge is -2.14. The van der Waals surface area contributed by atoms with Gasteiger partial charge in [-0.1, -0.05) is 19.9 Å². The maximum atomic E-state index is 12.6. The van der Waals surface area contributed by atoms with Gasteiger partial charge >= 0.3 is 0 Å². The van der Waals surface area contributed by atoms with Gasteiger partial charge in [0.05, 0.1) is 10.6 Å². The summed E-state index contributed by atoms with van der Waals surface area (Å²) in [4.78, 5) is 22.9. The number of non-ortho nitro benzene ring substituents is 1. The van der Waals surface area contributed by atoms with Crippen LogP contribution in [0.1, 0.15) is 25.0 Å². The van der Waals surface area contributed by atoms with E-state index in [4.69, 9.17) is 0 Å². The molecule has 0 amide bonds. The van der Waals surface area contributed by atoms with Crippen LogP contribution >= 0.6 is 0 Å². The van der Waals surface area contributed by atoms with E-state index in [0.29, 0.717) is 0 Å². The van der Waals surface area contributed by atoms with E-state index in [2.05, 4.69) is 10.2 Å². The second kappa shape index (κ2) is 7.57. The zero-order chi connectivity index (χ0) is 19.4. The van der Waals surface area contributed by atoms with Crippen LogP contribution < -0.4 is 5.56 Å². The quantitative estimate of drug-likeness (QED) is 0.495. The van der Waals surface area contributed by atoms with Crippen LogP contribution in [0.25, 0.3) is 0 Å². The van der Waals surface area contributed by atoms with Crippen molar-refractivity contribution >= 4 is 17.1 Å². The molecule has 9 heteroatoms. The molecule has 2 rings (SSSR count). The third kappa shape index (κ3) is 3.75. The standard InChI is InChI=1S/C17H17N5O4/c1-10(2)9-21-16(23)14(8-18)11(3)15(17(21)24)20-19-12-5-4-6-13(7-12)22(25)26/h4-7,10,23H,9H2,1-3H3. The summed E-state index contributed by atoms with van der Waals surface area (Å²) < 4.78 is 1.08. The number of hydrogen-bond acceptors (Lipinski definition) is 7. The normalized spacial score (nSPS) is 11.0. The number of rotatable bonds is 5. The Kier molecular flexibility index (Phi) is 5.47. The van der Waals surface area contributed by atoms with Crippen molar-refractivity contribution in [3.63, 3.8) is 0 Å². The van der Waals surface area contributed by atoms with Gasteiger partial charge in [-0.25, -0.2) is 0 Å². The topological polar surface area (TPSA) is 134 Å². The summed E-state index contributed by atoms with van der Waals surface area (Å²) in [5.41, 5.74) is -0.491. The fraction of sp³-hybridized carbons (Fsp3) is 0.294. The first-order chi connectivity index (χ1) is 12.3. The molecule has 9 nitrogen and oxygen atoms in total. The minimum atomic E-state index is -0.582. The van der Waals surface area contributed by atoms with Crippen LogP contribution in [0.5, 0.6) is 5.88 Å². The Labute approximate surface area is 149 Å². The molecule has 0 radical (unpaired) electrons. The average Bonchev–Trinajstić information content (AvgIpc) is 2.59. The van der Waals surface area contributed by atoms with Crippen molar-refractivity contribution < 1.29 is 10.0 Å². The van der Waals surface area contributed by atoms with E-state index in [1.807, 2.05) is 19.9 Å². The van der Waals surface area contributed by atoms with Crippen molar-refractivity contribution in [2.24, 2.45) is 16.1 Å². The molecular weight excluding hydrogens is 338 g/mol. The lowest BCUT2D eigenvalue weighted by Crippen LogP contribution is -2.24. The Morgan fingerprint density at radius 1 is 1.38 bits per heavy atom. The maximum Gasteiger partial charge on any atom is 0.281 e. The van der Waals surface area contributed by atoms with Crippen LogP contribution in [-0.4, -0.2) is 14.6 Å². The zero-order valence-electron chi connectivity index (χ0n) is 14.5. The molecule has 0 spiro atoms. The van der Waals surface area contributed by atoms with Crippen LogP contribution in [0.3, 0.4) is 0 Å². The number of pyridine rings is 1. The number of nitro benzene ring substituents is 1. The van der Waals surface area contributed by atoms with Crippen molar-refractivity contribution in [3.05, 3.63) is 55.9 Å². The zero-order valence-corrected chi connectivity index (χ0v) is 14.5. The molecule has 1 aromatic heterocycles. The van der Waals surface area contributed by atoms with Crippen LogP contribution in [0.15, 0.2) is 39.3 Å². The van der Waals surface area contributed by atoms with Gasteiger partial charge in [-0.15, -0.1) is 5.11 Å². The first kappa shape index (κ1) is 18.8. The van der Waals surface area contributed by atoms with Gasteiger partial charge in [0.2, 0.25) is 5.88 Å². The summed E-state index contributed by atoms with van der Waals surface area (Å²) in [5.74, 6) is -0.354. The van der Waals surface area contributed by atoms with Crippen LogP contribution in [-0.2, 0) is 6.54 Å². The van der Waals surface area contributed by atoms with Gasteiger partial charge in [0.1, 0.15) is 11.6 Å². The van der Waals surface area contributed by atoms with Crippen molar-refractivity contribution in [2.45, 2.75) is 27.3 Å². The van der Waals surface area contributed by atoms with Crippen LogP contribution in [0.4, 0.5) is 17.1 Å². The van der Waals surface area contributed by atoms with Crippen molar-refractivity contribution in [1.82, 2.24) is 4.57 Å². The highest BCUT2D eigenvalue weighted by Gasteiger charge is 2.19. The van der Waals surface area contributed by atoms with Crippen molar-refractivity contribution in [2.75, 3.05) is 0 Å². The van der Waals surface area contributed by atoms with E-state index in [-0.39, 0.29) is 40.7 Å². The third-order valence-corrected chi connectivity index (χ3v) is 3.62. The highest BCUT2D eigenvalue weighted by Crippen LogP contribution is 2.28. The Hall–Kier alpha value is -3.54. The molecule has 0 fully saturated rings. The molecule has 1 heterocycles. The predicted octanol–water partition coefficient (Wildman–Crippen LogP) is 3.71. The number of nitro groups is 1. The molecule has 0 unspecified atom stereocenters. The second-order valence-electron chi connectivity index (χ2n) is 6.07. The molecule has 134 valence electrons. The number of aromatic nitrogens is 1. The fourth-order valence-corrected chi connectivity index (χ4v) is 2.37. The van der Waals surface area contributed by atoms with Gasteiger partial charge in [-0.3, -0.25) is 19.5 Å². The van der Waals surface area contributed by atoms with Gasteiger partial charge in [-0.2, -0.15) is 10.4 Å². The Balaban J connectivity index is 2.59. The molecule has 1 aromatic carbocycles. The molecule has 0 aliphatic rings. The largest absolute Gasteiger partial charge is 0.493 e. The molecule has 0 aliphatic heterocycles. The predicted molar refractivity (Wildman–Crippen MR) is 93.9 cm³/mol. The lowest BCUT2D eigenvalue weighted by atomic mass is 10.1. The van der Waals surface area contributed by atoms with E-state index in [0.717, 1.165) is 4.57 Å². The highest BCUT2D eigenvalue weighted by molar-refractivity contribution is 5.57. The summed E-state index contributed by atoms with van der Waals surface area (Å²) in [6.45, 7) is 5.42. The van der Waals surface area contributed by atoms with E-state index in [9.17, 15) is 25.3 Å². The number of aromatic hydroxyl groups is 1. The molecule has 2 aromatic rings. The van der Waals surface area contributed by atoms with Gasteiger partial charge < -0.3 is 5.11 Å². The van der Waals surface area contributed by atoms with Gasteiger partial charge in [-0.05, 0) is 18.9 Å². The first-order valence-electron chi connectivity index (χ1n) is 7.79. The molecule has 0 saturated heterocycles. The number of nitriles is 1. The summed E-state index contributed by atoms with van der Waals surface area (Å²) in [6.07, 6.45) is 0. The molecule has 0 bridgehead atoms. The fourth-order valence-electron chi connectivity index (χ4n) is 2.37. The first-order valence-corrected chi connectivity index (χ1v) is 7.79. The summed E-state index contributed by atoms with van der Waals surface area (Å²) in [6, 6.07) is 7.36. The van der Waals surface area contributed by atoms with Crippen LogP contribution in [0.2, 0.25) is 0 Å². The summed E-state index contributed by atoms with van der Waals surface area (Å²) >= 11 is 0. The SMILES string of the molecule is Cc1c(C#N)c(O)n(CC(C)C)c(=O)c1N=Nc1cccc([N+](=O)[O-])c1. The maximum absolute atomic E-state index is 12.6. The average molecular weight is 355 g/mol. The third-order valence-electron chi connectivity index (χ3n) is 3.62. The van der Waals surface area contributed by atoms with E-state index in [1.165, 1.54) is 31.2 Å². The van der Waals surface area contributed by atoms with Gasteiger partial charge in [0.25, 0.3) is 11.2 Å². The number of benzene rings is 1. The molecule has 0 aliphatic carbocycles. The smallest absolute Gasteiger partial charge is 0.281 e. The van der Waals surface area contributed by atoms with Crippen molar-refractivity contribution in [3.8, 4) is 11.9 Å². The van der Waals surface area contributed by atoms with Gasteiger partial charge in [0.15, 0.2) is 5.69 Å². The lowest BCUT2D eigenvalue weighted by molar-refractivity contribution is -0.384. The van der Waals surface area contributed by atoms with Crippen molar-refractivity contribution in [1.29, 1.82) is 5.26 Å². The highest BCUT2D eigenvalue weighted by atomic mass is 16.6. The number of nitrogens with zero attached hydrogens (tertiary/aromatic N) is 5. The molecule has 1 N–H and O–H groups in total. The Morgan fingerprint density at radius 2 is 2.08 bits per heavy atom. The second-order valence-corrected chi connectivity index (χ2v) is 6.07. The monoisotopic (exact) mass is 355 g/mol. The Morgan fingerprint density at radius 3 is 2.65 bits per heavy atom. The summed E-state index contributed by atoms with van der Waals surface area (Å²) in [7, 11) is 0. The molecular formula is C17H17N5O4. The minimum absolute atomic E-state index is 0.0504.